The molecule has 3 nitrogen and oxygen atoms in total. The van der Waals surface area contributed by atoms with Gasteiger partial charge in [-0.1, -0.05) is 23.8 Å². The third-order valence-electron chi connectivity index (χ3n) is 3.22. The SMILES string of the molecule is Cc1ccc(CCC(=O)NCCCN(C)C)c(C)c1. The molecule has 0 saturated heterocycles. The number of hydrogen-bond donors (Lipinski definition) is 1. The Morgan fingerprint density at radius 2 is 2.00 bits per heavy atom. The molecule has 0 atom stereocenters. The second kappa shape index (κ2) is 7.95. The van der Waals surface area contributed by atoms with Crippen LogP contribution in [-0.4, -0.2) is 38.0 Å². The topological polar surface area (TPSA) is 32.3 Å². The van der Waals surface area contributed by atoms with Gasteiger partial charge in [-0.05, 0) is 58.5 Å². The lowest BCUT2D eigenvalue weighted by molar-refractivity contribution is -0.121. The Balaban J connectivity index is 2.26. The van der Waals surface area contributed by atoms with Gasteiger partial charge < -0.3 is 10.2 Å². The molecule has 0 aliphatic carbocycles. The number of carbonyl (C=O) groups excluding carboxylic acids is 1. The number of amides is 1. The number of nitrogens with one attached hydrogen (secondary N) is 1. The predicted molar refractivity (Wildman–Crippen MR) is 80.4 cm³/mol. The zero-order chi connectivity index (χ0) is 14.3. The molecule has 0 fully saturated rings. The van der Waals surface area contributed by atoms with E-state index >= 15 is 0 Å². The minimum absolute atomic E-state index is 0.152. The summed E-state index contributed by atoms with van der Waals surface area (Å²) < 4.78 is 0. The molecule has 0 aromatic heterocycles. The number of rotatable bonds is 7. The summed E-state index contributed by atoms with van der Waals surface area (Å²) >= 11 is 0. The van der Waals surface area contributed by atoms with Gasteiger partial charge in [0.05, 0.1) is 0 Å². The van der Waals surface area contributed by atoms with Crippen LogP contribution in [0.4, 0.5) is 0 Å². The number of nitrogens with zero attached hydrogens (tertiary/aromatic N) is 1. The molecule has 106 valence electrons. The van der Waals surface area contributed by atoms with Crippen molar-refractivity contribution in [3.63, 3.8) is 0 Å². The molecule has 1 amide bonds. The van der Waals surface area contributed by atoms with Gasteiger partial charge in [0.25, 0.3) is 0 Å². The van der Waals surface area contributed by atoms with Gasteiger partial charge in [-0.2, -0.15) is 0 Å². The lowest BCUT2D eigenvalue weighted by atomic mass is 10.0. The molecule has 19 heavy (non-hydrogen) atoms. The van der Waals surface area contributed by atoms with Crippen molar-refractivity contribution in [1.82, 2.24) is 10.2 Å². The number of carbonyl (C=O) groups is 1. The lowest BCUT2D eigenvalue weighted by Crippen LogP contribution is -2.27. The molecule has 0 saturated carbocycles. The Labute approximate surface area is 117 Å². The molecule has 0 bridgehead atoms. The fourth-order valence-corrected chi connectivity index (χ4v) is 2.09. The fraction of sp³-hybridized carbons (Fsp3) is 0.562. The van der Waals surface area contributed by atoms with E-state index in [1.54, 1.807) is 0 Å². The van der Waals surface area contributed by atoms with E-state index in [1.165, 1.54) is 16.7 Å². The quantitative estimate of drug-likeness (QED) is 0.765. The van der Waals surface area contributed by atoms with E-state index in [0.717, 1.165) is 25.9 Å². The van der Waals surface area contributed by atoms with Crippen LogP contribution in [-0.2, 0) is 11.2 Å². The van der Waals surface area contributed by atoms with Crippen molar-refractivity contribution in [2.45, 2.75) is 33.1 Å². The molecule has 0 heterocycles. The van der Waals surface area contributed by atoms with Gasteiger partial charge in [-0.25, -0.2) is 0 Å². The van der Waals surface area contributed by atoms with Crippen LogP contribution in [0.25, 0.3) is 0 Å². The first-order valence-electron chi connectivity index (χ1n) is 6.96. The number of hydrogen-bond acceptors (Lipinski definition) is 2. The van der Waals surface area contributed by atoms with E-state index in [1.807, 2.05) is 14.1 Å². The summed E-state index contributed by atoms with van der Waals surface area (Å²) in [6, 6.07) is 6.41. The normalized spacial score (nSPS) is 10.8. The first-order valence-corrected chi connectivity index (χ1v) is 6.96. The fourth-order valence-electron chi connectivity index (χ4n) is 2.09. The Morgan fingerprint density at radius 1 is 1.26 bits per heavy atom. The molecule has 1 N–H and O–H groups in total. The summed E-state index contributed by atoms with van der Waals surface area (Å²) in [5.74, 6) is 0.152. The smallest absolute Gasteiger partial charge is 0.220 e. The highest BCUT2D eigenvalue weighted by atomic mass is 16.1. The molecule has 0 aliphatic rings. The summed E-state index contributed by atoms with van der Waals surface area (Å²) in [6.45, 7) is 5.98. The first-order chi connectivity index (χ1) is 8.99. The maximum absolute atomic E-state index is 11.7. The molecule has 0 spiro atoms. The molecule has 3 heteroatoms. The zero-order valence-corrected chi connectivity index (χ0v) is 12.6. The van der Waals surface area contributed by atoms with Crippen molar-refractivity contribution in [1.29, 1.82) is 0 Å². The summed E-state index contributed by atoms with van der Waals surface area (Å²) in [7, 11) is 4.09. The standard InChI is InChI=1S/C16H26N2O/c1-13-6-7-15(14(2)12-13)8-9-16(19)17-10-5-11-18(3)4/h6-7,12H,5,8-11H2,1-4H3,(H,17,19). The van der Waals surface area contributed by atoms with Crippen LogP contribution in [0.15, 0.2) is 18.2 Å². The Bertz CT molecular complexity index is 413. The zero-order valence-electron chi connectivity index (χ0n) is 12.6. The van der Waals surface area contributed by atoms with Gasteiger partial charge in [0.15, 0.2) is 0 Å². The first kappa shape index (κ1) is 15.7. The van der Waals surface area contributed by atoms with Crippen LogP contribution in [0.1, 0.15) is 29.5 Å². The second-order valence-corrected chi connectivity index (χ2v) is 5.44. The van der Waals surface area contributed by atoms with Gasteiger partial charge in [-0.15, -0.1) is 0 Å². The molecule has 0 aliphatic heterocycles. The monoisotopic (exact) mass is 262 g/mol. The van der Waals surface area contributed by atoms with Crippen LogP contribution in [0, 0.1) is 13.8 Å². The molecular weight excluding hydrogens is 236 g/mol. The minimum Gasteiger partial charge on any atom is -0.356 e. The highest BCUT2D eigenvalue weighted by molar-refractivity contribution is 5.76. The maximum Gasteiger partial charge on any atom is 0.220 e. The predicted octanol–water partition coefficient (Wildman–Crippen LogP) is 2.30. The molecular formula is C16H26N2O. The van der Waals surface area contributed by atoms with E-state index in [2.05, 4.69) is 42.3 Å². The van der Waals surface area contributed by atoms with Crippen LogP contribution in [0.2, 0.25) is 0 Å². The van der Waals surface area contributed by atoms with Crippen LogP contribution in [0.5, 0.6) is 0 Å². The van der Waals surface area contributed by atoms with E-state index in [0.29, 0.717) is 6.42 Å². The second-order valence-electron chi connectivity index (χ2n) is 5.44. The summed E-state index contributed by atoms with van der Waals surface area (Å²) in [6.07, 6.45) is 2.40. The maximum atomic E-state index is 11.7. The van der Waals surface area contributed by atoms with Gasteiger partial charge in [0.2, 0.25) is 5.91 Å². The summed E-state index contributed by atoms with van der Waals surface area (Å²) in [4.78, 5) is 13.8. The van der Waals surface area contributed by atoms with E-state index in [4.69, 9.17) is 0 Å². The third-order valence-corrected chi connectivity index (χ3v) is 3.22. The highest BCUT2D eigenvalue weighted by Crippen LogP contribution is 2.12. The van der Waals surface area contributed by atoms with Crippen molar-refractivity contribution < 1.29 is 4.79 Å². The van der Waals surface area contributed by atoms with Crippen molar-refractivity contribution in [3.8, 4) is 0 Å². The molecule has 1 aromatic carbocycles. The van der Waals surface area contributed by atoms with Crippen LogP contribution >= 0.6 is 0 Å². The van der Waals surface area contributed by atoms with Gasteiger partial charge in [-0.3, -0.25) is 4.79 Å². The van der Waals surface area contributed by atoms with Crippen molar-refractivity contribution in [3.05, 3.63) is 34.9 Å². The number of benzene rings is 1. The Hall–Kier alpha value is -1.35. The molecule has 1 aromatic rings. The highest BCUT2D eigenvalue weighted by Gasteiger charge is 2.04. The van der Waals surface area contributed by atoms with Crippen molar-refractivity contribution in [2.75, 3.05) is 27.2 Å². The van der Waals surface area contributed by atoms with Crippen molar-refractivity contribution >= 4 is 5.91 Å². The Morgan fingerprint density at radius 3 is 2.63 bits per heavy atom. The van der Waals surface area contributed by atoms with Gasteiger partial charge in [0.1, 0.15) is 0 Å². The van der Waals surface area contributed by atoms with Crippen LogP contribution < -0.4 is 5.32 Å². The van der Waals surface area contributed by atoms with E-state index < -0.39 is 0 Å². The third kappa shape index (κ3) is 6.39. The largest absolute Gasteiger partial charge is 0.356 e. The van der Waals surface area contributed by atoms with Gasteiger partial charge in [0, 0.05) is 13.0 Å². The van der Waals surface area contributed by atoms with Crippen LogP contribution in [0.3, 0.4) is 0 Å². The lowest BCUT2D eigenvalue weighted by Gasteiger charge is -2.10. The van der Waals surface area contributed by atoms with Crippen molar-refractivity contribution in [2.24, 2.45) is 0 Å². The summed E-state index contributed by atoms with van der Waals surface area (Å²) in [5.41, 5.74) is 3.82. The van der Waals surface area contributed by atoms with E-state index in [-0.39, 0.29) is 5.91 Å². The number of aryl methyl sites for hydroxylation is 3. The average molecular weight is 262 g/mol. The average Bonchev–Trinajstić information content (AvgIpc) is 2.33. The minimum atomic E-state index is 0.152. The molecule has 0 unspecified atom stereocenters. The Kier molecular flexibility index (Phi) is 6.57. The summed E-state index contributed by atoms with van der Waals surface area (Å²) in [5, 5.41) is 2.97. The van der Waals surface area contributed by atoms with Gasteiger partial charge >= 0.3 is 0 Å². The molecule has 0 radical (unpaired) electrons. The molecule has 1 rings (SSSR count). The van der Waals surface area contributed by atoms with E-state index in [9.17, 15) is 4.79 Å².